The van der Waals surface area contributed by atoms with Crippen molar-refractivity contribution in [1.29, 1.82) is 0 Å². The van der Waals surface area contributed by atoms with Crippen LogP contribution in [0.1, 0.15) is 156 Å². The minimum Gasteiger partial charge on any atom is -0.495 e. The van der Waals surface area contributed by atoms with Crippen molar-refractivity contribution in [3.8, 4) is 28.7 Å². The number of hydrogen-bond acceptors (Lipinski definition) is 25. The highest BCUT2D eigenvalue weighted by Crippen LogP contribution is 2.39. The Kier molecular flexibility index (Phi) is 30.3. The monoisotopic (exact) mass is 1900 g/mol. The number of thiazole rings is 2. The van der Waals surface area contributed by atoms with Crippen molar-refractivity contribution < 1.29 is 74.8 Å². The van der Waals surface area contributed by atoms with Crippen molar-refractivity contribution in [2.24, 2.45) is 0 Å². The largest absolute Gasteiger partial charge is 0.495 e. The summed E-state index contributed by atoms with van der Waals surface area (Å²) in [5.74, 6) is 0.786. The molecule has 11 N–H and O–H groups in total. The summed E-state index contributed by atoms with van der Waals surface area (Å²) in [6, 6.07) is 42.4. The summed E-state index contributed by atoms with van der Waals surface area (Å²) in [4.78, 5) is 82.7. The summed E-state index contributed by atoms with van der Waals surface area (Å²) >= 11 is 3.09. The van der Waals surface area contributed by atoms with Crippen LogP contribution in [-0.2, 0) is 13.1 Å². The van der Waals surface area contributed by atoms with Crippen LogP contribution in [-0.4, -0.2) is 165 Å². The fraction of sp³-hybridized carbons (Fsp3) is 0.150. The van der Waals surface area contributed by atoms with Gasteiger partial charge in [0.25, 0.3) is 29.5 Å². The van der Waals surface area contributed by atoms with E-state index in [1.807, 2.05) is 71.5 Å². The Bertz CT molecular complexity index is 7440. The molecule has 2 fully saturated rings. The molecule has 6 aromatic carbocycles. The molecule has 38 heteroatoms. The minimum atomic E-state index is -0.557. The second-order valence-electron chi connectivity index (χ2n) is 30.7. The van der Waals surface area contributed by atoms with Gasteiger partial charge in [0.1, 0.15) is 50.3 Å². The van der Waals surface area contributed by atoms with Gasteiger partial charge < -0.3 is 64.2 Å². The number of H-pyrrole nitrogens is 5. The zero-order valence-electron chi connectivity index (χ0n) is 74.4. The van der Waals surface area contributed by atoms with Crippen LogP contribution in [0.15, 0.2) is 215 Å². The number of furan rings is 2. The number of fused-ring (bicyclic) bond motifs is 5. The molecule has 0 aliphatic heterocycles. The lowest BCUT2D eigenvalue weighted by Crippen LogP contribution is -2.31. The number of ether oxygens (including phenoxy) is 5. The van der Waals surface area contributed by atoms with Gasteiger partial charge in [-0.05, 0) is 212 Å². The normalized spacial score (nSPS) is 12.6. The average molecular weight is 1900 g/mol. The second-order valence-corrected chi connectivity index (χ2v) is 32.5. The first kappa shape index (κ1) is 94.0. The first-order valence-electron chi connectivity index (χ1n) is 42.9. The molecule has 5 amide bonds. The molecule has 0 unspecified atom stereocenters. The number of aromatic amines is 5. The van der Waals surface area contributed by atoms with Gasteiger partial charge in [-0.3, -0.25) is 49.5 Å². The molecule has 18 aromatic rings. The molecule has 1 atom stereocenters. The molecule has 698 valence electrons. The molecule has 2 aliphatic carbocycles. The van der Waals surface area contributed by atoms with E-state index in [-0.39, 0.29) is 48.7 Å². The fourth-order valence-electron chi connectivity index (χ4n) is 14.5. The van der Waals surface area contributed by atoms with Crippen molar-refractivity contribution >= 4 is 167 Å². The number of aliphatic hydroxyl groups excluding tert-OH is 1. The number of carbonyl (C=O) groups is 5. The fourth-order valence-corrected chi connectivity index (χ4v) is 15.6. The molecule has 2 aliphatic rings. The van der Waals surface area contributed by atoms with Gasteiger partial charge in [-0.25, -0.2) is 24.9 Å². The van der Waals surface area contributed by atoms with Crippen LogP contribution in [0.4, 0.5) is 13.2 Å². The summed E-state index contributed by atoms with van der Waals surface area (Å²) in [6.07, 6.45) is 33.3. The molecule has 12 heterocycles. The van der Waals surface area contributed by atoms with E-state index in [1.165, 1.54) is 69.5 Å². The Morgan fingerprint density at radius 1 is 0.391 bits per heavy atom. The molecule has 0 radical (unpaired) electrons. The van der Waals surface area contributed by atoms with Crippen LogP contribution in [0.3, 0.4) is 0 Å². The highest BCUT2D eigenvalue weighted by molar-refractivity contribution is 7.10. The number of nitrogens with zero attached hydrogens (tertiary/aromatic N) is 10. The van der Waals surface area contributed by atoms with Crippen molar-refractivity contribution in [2.45, 2.75) is 56.9 Å². The van der Waals surface area contributed by atoms with Crippen LogP contribution in [0.2, 0.25) is 0 Å². The Hall–Kier alpha value is -17.3. The van der Waals surface area contributed by atoms with E-state index in [1.54, 1.807) is 184 Å². The van der Waals surface area contributed by atoms with E-state index >= 15 is 0 Å². The Labute approximate surface area is 791 Å². The maximum absolute atomic E-state index is 13.1. The number of nitrogens with one attached hydrogen (secondary N) is 10. The lowest BCUT2D eigenvalue weighted by atomic mass is 10.0. The van der Waals surface area contributed by atoms with E-state index in [2.05, 4.69) is 102 Å². The van der Waals surface area contributed by atoms with E-state index in [0.29, 0.717) is 136 Å². The molecule has 20 rings (SSSR count). The quantitative estimate of drug-likeness (QED) is 0.0194. The number of amides is 5. The van der Waals surface area contributed by atoms with Crippen LogP contribution >= 0.6 is 22.7 Å². The third-order valence-electron chi connectivity index (χ3n) is 21.5. The predicted octanol–water partition coefficient (Wildman–Crippen LogP) is 17.5. The smallest absolute Gasteiger partial charge is 0.255 e. The molecule has 2 saturated carbocycles. The molecule has 12 aromatic heterocycles. The van der Waals surface area contributed by atoms with Crippen LogP contribution in [0.25, 0.3) is 115 Å². The van der Waals surface area contributed by atoms with Crippen molar-refractivity contribution in [2.75, 3.05) is 42.2 Å². The zero-order valence-corrected chi connectivity index (χ0v) is 76.0. The molecular weight excluding hydrogens is 1810 g/mol. The van der Waals surface area contributed by atoms with Crippen molar-refractivity contribution in [3.05, 3.63) is 324 Å². The minimum absolute atomic E-state index is 0.104. The lowest BCUT2D eigenvalue weighted by Gasteiger charge is -2.18. The molecule has 0 bridgehead atoms. The number of hydrogen-bond donors (Lipinski definition) is 11. The predicted molar refractivity (Wildman–Crippen MR) is 519 cm³/mol. The number of carbonyl (C=O) groups excluding carboxylic acids is 5. The van der Waals surface area contributed by atoms with Crippen molar-refractivity contribution in [1.82, 2.24) is 102 Å². The van der Waals surface area contributed by atoms with Gasteiger partial charge in [0.15, 0.2) is 0 Å². The maximum atomic E-state index is 13.1. The van der Waals surface area contributed by atoms with Gasteiger partial charge >= 0.3 is 0 Å². The molecular formula is C100H87F3N20O13S2. The Morgan fingerprint density at radius 2 is 0.710 bits per heavy atom. The number of pyridine rings is 3. The standard InChI is InChI=1S/C24H21FN4O3.C21H17FN4O3.C19H17FN4O2.C19H16N4O3S.C17H16N4O2S/c1-32-23-17(24(31)27-20(14-30)16-5-3-2-4-6-16)9-11-19-22(23)18(28-29-19)10-7-15-8-12-21(25)26-13-15;1-28-20-15(21(27)24-12-14-3-2-10-29-14)6-8-17-19(20)16(25-26-17)7-4-13-5-9-18(22)23-11-13;1-26-18-13(19(25)22-12-4-5-12)6-8-15-17(18)14(23-24-15)7-2-11-3-9-16(20)21-10-11;1-25-18-13(19(24)21-11-12-3-2-9-26-12)4-5-14-17(18)15(23-22-14)6-7-16-20-8-10-27-16;1-23-16-11(17(22)19-10-2-3-10)4-5-12-15(16)13(21-20-12)6-7-14-18-8-9-24-14/h2-13,20,30H,14H2,1H3,(H,27,31)(H,28,29);2-11H,12H2,1H3,(H,24,27)(H,25,26);2-3,6-10,12H,4-5H2,1H3,(H,22,25)(H,23,24);2-10H,11H2,1H3,(H,21,24)(H,22,23);4-10H,2-3H2,1H3,(H,19,22)(H,20,21)/b10-7+;7-4+;7-2+;2*7-6+/t20-;;;;/m1..../s1. The zero-order chi connectivity index (χ0) is 96.0. The molecule has 0 spiro atoms. The van der Waals surface area contributed by atoms with Crippen LogP contribution in [0, 0.1) is 17.8 Å². The number of benzene rings is 6. The number of halogens is 3. The topological polar surface area (TPSA) is 446 Å². The summed E-state index contributed by atoms with van der Waals surface area (Å²) < 4.78 is 77.2. The van der Waals surface area contributed by atoms with Gasteiger partial charge in [-0.15, -0.1) is 22.7 Å². The van der Waals surface area contributed by atoms with Gasteiger partial charge in [0.2, 0.25) is 17.8 Å². The van der Waals surface area contributed by atoms with E-state index in [9.17, 15) is 42.3 Å². The average Bonchev–Trinajstić information content (AvgIpc) is 1.63. The molecule has 0 saturated heterocycles. The molecule has 138 heavy (non-hydrogen) atoms. The number of aliphatic hydroxyl groups is 1. The van der Waals surface area contributed by atoms with Crippen LogP contribution < -0.4 is 50.3 Å². The van der Waals surface area contributed by atoms with Crippen LogP contribution in [0.5, 0.6) is 28.7 Å². The third-order valence-corrected chi connectivity index (χ3v) is 23.0. The Morgan fingerprint density at radius 3 is 0.986 bits per heavy atom. The third kappa shape index (κ3) is 23.0. The number of rotatable bonds is 29. The first-order chi connectivity index (χ1) is 67.4. The lowest BCUT2D eigenvalue weighted by molar-refractivity contribution is 0.0909. The highest BCUT2D eigenvalue weighted by atomic mass is 32.1. The van der Waals surface area contributed by atoms with Crippen molar-refractivity contribution in [3.63, 3.8) is 0 Å². The second kappa shape index (κ2) is 44.5. The van der Waals surface area contributed by atoms with Gasteiger partial charge in [0.05, 0.1) is 185 Å². The van der Waals surface area contributed by atoms with E-state index in [0.717, 1.165) is 85.5 Å². The number of methoxy groups -OCH3 is 5. The molecule has 33 nitrogen and oxygen atoms in total. The Balaban J connectivity index is 0.000000125. The van der Waals surface area contributed by atoms with Gasteiger partial charge in [0, 0.05) is 53.8 Å². The summed E-state index contributed by atoms with van der Waals surface area (Å²) in [6.45, 7) is 0.323. The van der Waals surface area contributed by atoms with E-state index in [4.69, 9.17) is 32.5 Å². The highest BCUT2D eigenvalue weighted by Gasteiger charge is 2.30. The first-order valence-corrected chi connectivity index (χ1v) is 44.7. The number of aromatic nitrogens is 15. The SMILES string of the molecule is COc1c(C(=O)NC2CC2)ccc2n[nH]c(/C=C/c3ccc(F)nc3)c12.COc1c(C(=O)NC2CC2)ccc2n[nH]c(/C=C/c3nccs3)c12.COc1c(C(=O)NCc2ccco2)ccc2n[nH]c(/C=C/c3ccc(F)nc3)c12.COc1c(C(=O)NCc2ccco2)ccc2n[nH]c(/C=C/c3nccs3)c12.COc1c(C(=O)N[C@H](CO)c2ccccc2)ccc2n[nH]c(/C=C/c3ccc(F)nc3)c12. The summed E-state index contributed by atoms with van der Waals surface area (Å²) in [5.41, 5.74) is 12.1. The summed E-state index contributed by atoms with van der Waals surface area (Å²) in [5, 5.41) is 69.6. The van der Waals surface area contributed by atoms with E-state index < -0.39 is 23.9 Å². The van der Waals surface area contributed by atoms with Gasteiger partial charge in [-0.2, -0.15) is 38.7 Å². The van der Waals surface area contributed by atoms with Gasteiger partial charge in [-0.1, -0.05) is 48.6 Å². The maximum Gasteiger partial charge on any atom is 0.255 e. The summed E-state index contributed by atoms with van der Waals surface area (Å²) in [7, 11) is 7.63.